The van der Waals surface area contributed by atoms with E-state index in [1.165, 1.54) is 5.56 Å². The van der Waals surface area contributed by atoms with Crippen LogP contribution in [0.15, 0.2) is 24.3 Å². The highest BCUT2D eigenvalue weighted by atomic mass is 16.5. The van der Waals surface area contributed by atoms with Crippen LogP contribution >= 0.6 is 0 Å². The van der Waals surface area contributed by atoms with Gasteiger partial charge in [0, 0.05) is 25.5 Å². The van der Waals surface area contributed by atoms with Crippen molar-refractivity contribution in [2.24, 2.45) is 5.73 Å². The molecule has 5 nitrogen and oxygen atoms in total. The summed E-state index contributed by atoms with van der Waals surface area (Å²) in [6.45, 7) is 4.74. The summed E-state index contributed by atoms with van der Waals surface area (Å²) >= 11 is 0. The summed E-state index contributed by atoms with van der Waals surface area (Å²) in [6, 6.07) is 7.89. The van der Waals surface area contributed by atoms with Gasteiger partial charge in [-0.25, -0.2) is 4.98 Å². The topological polar surface area (TPSA) is 68.5 Å². The molecule has 1 aromatic carbocycles. The van der Waals surface area contributed by atoms with Gasteiger partial charge < -0.3 is 15.4 Å². The molecule has 0 aliphatic carbocycles. The van der Waals surface area contributed by atoms with E-state index in [-0.39, 0.29) is 18.1 Å². The van der Waals surface area contributed by atoms with Gasteiger partial charge in [0.2, 0.25) is 5.91 Å². The van der Waals surface area contributed by atoms with Crippen LogP contribution in [0.2, 0.25) is 0 Å². The number of hydrogen-bond acceptors (Lipinski definition) is 4. The first-order valence-electron chi connectivity index (χ1n) is 7.46. The summed E-state index contributed by atoms with van der Waals surface area (Å²) in [6.07, 6.45) is 0.617. The average Bonchev–Trinajstić information content (AvgIpc) is 2.91. The van der Waals surface area contributed by atoms with E-state index in [0.717, 1.165) is 22.3 Å². The molecule has 2 aromatic rings. The molecule has 22 heavy (non-hydrogen) atoms. The van der Waals surface area contributed by atoms with Crippen molar-refractivity contribution in [1.29, 1.82) is 0 Å². The fourth-order valence-electron chi connectivity index (χ4n) is 3.13. The lowest BCUT2D eigenvalue weighted by Gasteiger charge is -2.24. The van der Waals surface area contributed by atoms with Crippen molar-refractivity contribution < 1.29 is 9.53 Å². The first kappa shape index (κ1) is 14.8. The van der Waals surface area contributed by atoms with Crippen LogP contribution in [0.3, 0.4) is 0 Å². The summed E-state index contributed by atoms with van der Waals surface area (Å²) in [5.74, 6) is 0.460. The van der Waals surface area contributed by atoms with Crippen LogP contribution in [-0.2, 0) is 9.53 Å². The van der Waals surface area contributed by atoms with Gasteiger partial charge in [-0.1, -0.05) is 12.1 Å². The Bertz CT molecular complexity index is 729. The zero-order valence-electron chi connectivity index (χ0n) is 13.2. The van der Waals surface area contributed by atoms with E-state index in [2.05, 4.69) is 25.1 Å². The molecule has 1 aromatic heterocycles. The third kappa shape index (κ3) is 2.52. The van der Waals surface area contributed by atoms with Crippen LogP contribution in [0.4, 0.5) is 5.82 Å². The molecule has 1 saturated heterocycles. The molecule has 2 heterocycles. The van der Waals surface area contributed by atoms with Gasteiger partial charge in [0.25, 0.3) is 0 Å². The number of ether oxygens (including phenoxy) is 1. The zero-order valence-corrected chi connectivity index (χ0v) is 13.2. The van der Waals surface area contributed by atoms with Crippen molar-refractivity contribution in [2.45, 2.75) is 32.4 Å². The Morgan fingerprint density at radius 2 is 2.14 bits per heavy atom. The largest absolute Gasteiger partial charge is 0.380 e. The molecule has 2 N–H and O–H groups in total. The van der Waals surface area contributed by atoms with Gasteiger partial charge in [-0.2, -0.15) is 0 Å². The van der Waals surface area contributed by atoms with E-state index in [9.17, 15) is 4.79 Å². The first-order chi connectivity index (χ1) is 10.5. The number of pyridine rings is 1. The van der Waals surface area contributed by atoms with Gasteiger partial charge >= 0.3 is 0 Å². The molecule has 1 aliphatic rings. The third-order valence-corrected chi connectivity index (χ3v) is 4.38. The molecule has 1 aliphatic heterocycles. The maximum absolute atomic E-state index is 11.7. The Hall–Kier alpha value is -2.14. The number of amides is 1. The number of nitrogens with zero attached hydrogens (tertiary/aromatic N) is 2. The summed E-state index contributed by atoms with van der Waals surface area (Å²) < 4.78 is 5.40. The number of hydrogen-bond donors (Lipinski definition) is 1. The number of methoxy groups -OCH3 is 1. The Labute approximate surface area is 130 Å². The van der Waals surface area contributed by atoms with Crippen LogP contribution in [0.25, 0.3) is 10.9 Å². The minimum absolute atomic E-state index is 0.00723. The van der Waals surface area contributed by atoms with Crippen LogP contribution in [0.1, 0.15) is 17.5 Å². The predicted molar refractivity (Wildman–Crippen MR) is 87.0 cm³/mol. The standard InChI is InChI=1S/C17H21N3O2/c1-10-4-5-13-11(2)7-16(19-14(13)6-10)20-9-12(22-3)8-15(20)17(18)21/h4-7,12,15H,8-9H2,1-3H3,(H2,18,21)/t12-,15-/m0/s1. The lowest BCUT2D eigenvalue weighted by atomic mass is 10.1. The van der Waals surface area contributed by atoms with E-state index in [0.29, 0.717) is 13.0 Å². The average molecular weight is 299 g/mol. The number of anilines is 1. The molecule has 5 heteroatoms. The lowest BCUT2D eigenvalue weighted by molar-refractivity contribution is -0.119. The molecule has 2 atom stereocenters. The molecule has 1 amide bonds. The minimum atomic E-state index is -0.362. The van der Waals surface area contributed by atoms with Crippen molar-refractivity contribution in [2.75, 3.05) is 18.6 Å². The molecule has 0 unspecified atom stereocenters. The molecule has 116 valence electrons. The van der Waals surface area contributed by atoms with Crippen molar-refractivity contribution in [3.8, 4) is 0 Å². The third-order valence-electron chi connectivity index (χ3n) is 4.38. The Morgan fingerprint density at radius 3 is 2.82 bits per heavy atom. The van der Waals surface area contributed by atoms with Crippen LogP contribution < -0.4 is 10.6 Å². The van der Waals surface area contributed by atoms with Gasteiger partial charge in [0.15, 0.2) is 0 Å². The van der Waals surface area contributed by atoms with Gasteiger partial charge in [-0.05, 0) is 37.1 Å². The molecule has 1 fully saturated rings. The maximum atomic E-state index is 11.7. The van der Waals surface area contributed by atoms with Crippen LogP contribution in [0.5, 0.6) is 0 Å². The van der Waals surface area contributed by atoms with Crippen molar-refractivity contribution in [3.05, 3.63) is 35.4 Å². The smallest absolute Gasteiger partial charge is 0.240 e. The van der Waals surface area contributed by atoms with E-state index < -0.39 is 0 Å². The number of aryl methyl sites for hydroxylation is 2. The molecular formula is C17H21N3O2. The summed E-state index contributed by atoms with van der Waals surface area (Å²) in [5.41, 5.74) is 8.81. The number of rotatable bonds is 3. The van der Waals surface area contributed by atoms with E-state index >= 15 is 0 Å². The molecule has 0 saturated carbocycles. The molecule has 0 spiro atoms. The van der Waals surface area contributed by atoms with Crippen molar-refractivity contribution in [1.82, 2.24) is 4.98 Å². The van der Waals surface area contributed by atoms with E-state index in [1.54, 1.807) is 7.11 Å². The number of aromatic nitrogens is 1. The van der Waals surface area contributed by atoms with Crippen LogP contribution in [-0.4, -0.2) is 36.7 Å². The summed E-state index contributed by atoms with van der Waals surface area (Å²) in [4.78, 5) is 18.5. The number of carbonyl (C=O) groups is 1. The van der Waals surface area contributed by atoms with E-state index in [4.69, 9.17) is 15.5 Å². The Balaban J connectivity index is 2.06. The van der Waals surface area contributed by atoms with Crippen molar-refractivity contribution in [3.63, 3.8) is 0 Å². The highest BCUT2D eigenvalue weighted by Crippen LogP contribution is 2.29. The number of fused-ring (bicyclic) bond motifs is 1. The second-order valence-corrected chi connectivity index (χ2v) is 5.98. The van der Waals surface area contributed by atoms with Crippen molar-refractivity contribution >= 4 is 22.6 Å². The Morgan fingerprint density at radius 1 is 1.36 bits per heavy atom. The number of primary amides is 1. The quantitative estimate of drug-likeness (QED) is 0.940. The fourth-order valence-corrected chi connectivity index (χ4v) is 3.13. The SMILES string of the molecule is CO[C@H]1C[C@@H](C(N)=O)N(c2cc(C)c3ccc(C)cc3n2)C1. The zero-order chi connectivity index (χ0) is 15.9. The van der Waals surface area contributed by atoms with Gasteiger partial charge in [0.05, 0.1) is 11.6 Å². The normalized spacial score (nSPS) is 21.5. The van der Waals surface area contributed by atoms with Gasteiger partial charge in [-0.3, -0.25) is 4.79 Å². The molecular weight excluding hydrogens is 278 g/mol. The summed E-state index contributed by atoms with van der Waals surface area (Å²) in [7, 11) is 1.66. The van der Waals surface area contributed by atoms with Gasteiger partial charge in [-0.15, -0.1) is 0 Å². The van der Waals surface area contributed by atoms with E-state index in [1.807, 2.05) is 17.9 Å². The predicted octanol–water partition coefficient (Wildman–Crippen LogP) is 1.93. The minimum Gasteiger partial charge on any atom is -0.380 e. The maximum Gasteiger partial charge on any atom is 0.240 e. The summed E-state index contributed by atoms with van der Waals surface area (Å²) in [5, 5.41) is 1.13. The highest BCUT2D eigenvalue weighted by molar-refractivity contribution is 5.87. The van der Waals surface area contributed by atoms with Gasteiger partial charge in [0.1, 0.15) is 11.9 Å². The van der Waals surface area contributed by atoms with Crippen LogP contribution in [0, 0.1) is 13.8 Å². The molecule has 3 rings (SSSR count). The fraction of sp³-hybridized carbons (Fsp3) is 0.412. The number of carbonyl (C=O) groups excluding carboxylic acids is 1. The molecule has 0 bridgehead atoms. The highest BCUT2D eigenvalue weighted by Gasteiger charge is 2.36. The Kier molecular flexibility index (Phi) is 3.74. The molecule has 0 radical (unpaired) electrons. The first-order valence-corrected chi connectivity index (χ1v) is 7.46. The lowest BCUT2D eigenvalue weighted by Crippen LogP contribution is -2.40. The number of nitrogens with two attached hydrogens (primary N) is 1. The monoisotopic (exact) mass is 299 g/mol. The second kappa shape index (κ2) is 5.57. The second-order valence-electron chi connectivity index (χ2n) is 5.98. The number of benzene rings is 1.